The van der Waals surface area contributed by atoms with Crippen molar-refractivity contribution in [3.05, 3.63) is 35.7 Å². The number of guanidine groups is 1. The third-order valence-corrected chi connectivity index (χ3v) is 4.45. The Kier molecular flexibility index (Phi) is 8.63. The third-order valence-electron chi connectivity index (χ3n) is 4.45. The van der Waals surface area contributed by atoms with Crippen LogP contribution in [0.25, 0.3) is 11.5 Å². The van der Waals surface area contributed by atoms with Crippen LogP contribution in [-0.4, -0.2) is 53.5 Å². The molecule has 0 aliphatic carbocycles. The number of benzene rings is 1. The Hall–Kier alpha value is -3.10. The molecule has 32 heavy (non-hydrogen) atoms. The third kappa shape index (κ3) is 8.56. The van der Waals surface area contributed by atoms with Crippen LogP contribution in [0.5, 0.6) is 0 Å². The normalized spacial score (nSPS) is 12.4. The fraction of sp³-hybridized carbons (Fsp3) is 0.565. The van der Waals surface area contributed by atoms with E-state index in [1.54, 1.807) is 7.05 Å². The summed E-state index contributed by atoms with van der Waals surface area (Å²) >= 11 is 0. The standard InChI is InChI=1S/C23H36N6O3/c1-8-18-27-19(32-29-18)17-11-9-16(10-12-17)13-14-25-20(24-7)26-15-23(5,6)28-21(30)31-22(2,3)4/h9-12H,8,13-15H2,1-7H3,(H,28,30)(H2,24,25,26). The molecule has 9 nitrogen and oxygen atoms in total. The molecule has 0 saturated carbocycles. The monoisotopic (exact) mass is 444 g/mol. The first kappa shape index (κ1) is 25.2. The van der Waals surface area contributed by atoms with Gasteiger partial charge in [0.15, 0.2) is 11.8 Å². The van der Waals surface area contributed by atoms with Crippen molar-refractivity contribution >= 4 is 12.1 Å². The minimum atomic E-state index is -0.535. The molecule has 2 rings (SSSR count). The summed E-state index contributed by atoms with van der Waals surface area (Å²) in [5.41, 5.74) is 1.04. The lowest BCUT2D eigenvalue weighted by Gasteiger charge is -2.29. The van der Waals surface area contributed by atoms with E-state index in [1.807, 2.05) is 53.7 Å². The van der Waals surface area contributed by atoms with Gasteiger partial charge in [0, 0.05) is 32.1 Å². The fourth-order valence-electron chi connectivity index (χ4n) is 2.80. The molecule has 1 aromatic carbocycles. The van der Waals surface area contributed by atoms with Gasteiger partial charge in [-0.25, -0.2) is 4.79 Å². The van der Waals surface area contributed by atoms with Gasteiger partial charge in [-0.3, -0.25) is 4.99 Å². The van der Waals surface area contributed by atoms with Crippen LogP contribution in [0.1, 0.15) is 52.9 Å². The molecule has 1 aromatic heterocycles. The lowest BCUT2D eigenvalue weighted by Crippen LogP contribution is -2.54. The van der Waals surface area contributed by atoms with Crippen LogP contribution in [0, 0.1) is 0 Å². The molecular weight excluding hydrogens is 408 g/mol. The van der Waals surface area contributed by atoms with E-state index in [4.69, 9.17) is 9.26 Å². The molecule has 1 heterocycles. The Labute approximate surface area is 190 Å². The Morgan fingerprint density at radius 1 is 1.12 bits per heavy atom. The summed E-state index contributed by atoms with van der Waals surface area (Å²) in [4.78, 5) is 20.6. The second-order valence-corrected chi connectivity index (χ2v) is 9.18. The van der Waals surface area contributed by atoms with Gasteiger partial charge < -0.3 is 25.2 Å². The highest BCUT2D eigenvalue weighted by molar-refractivity contribution is 5.79. The summed E-state index contributed by atoms with van der Waals surface area (Å²) < 4.78 is 10.6. The summed E-state index contributed by atoms with van der Waals surface area (Å²) in [5.74, 6) is 1.91. The quantitative estimate of drug-likeness (QED) is 0.423. The number of aliphatic imine (C=N–C) groups is 1. The number of ether oxygens (including phenoxy) is 1. The first-order chi connectivity index (χ1) is 15.0. The number of aryl methyl sites for hydroxylation is 1. The molecule has 0 saturated heterocycles. The number of amides is 1. The van der Waals surface area contributed by atoms with Crippen molar-refractivity contribution in [2.24, 2.45) is 4.99 Å². The summed E-state index contributed by atoms with van der Waals surface area (Å²) in [6.45, 7) is 12.5. The minimum absolute atomic E-state index is 0.442. The highest BCUT2D eigenvalue weighted by atomic mass is 16.6. The van der Waals surface area contributed by atoms with E-state index in [1.165, 1.54) is 5.56 Å². The number of hydrogen-bond acceptors (Lipinski definition) is 6. The Morgan fingerprint density at radius 2 is 1.81 bits per heavy atom. The number of carbonyl (C=O) groups is 1. The number of carbonyl (C=O) groups excluding carboxylic acids is 1. The lowest BCUT2D eigenvalue weighted by molar-refractivity contribution is 0.0474. The van der Waals surface area contributed by atoms with Crippen molar-refractivity contribution in [2.45, 2.75) is 65.5 Å². The Bertz CT molecular complexity index is 897. The van der Waals surface area contributed by atoms with Crippen LogP contribution < -0.4 is 16.0 Å². The topological polar surface area (TPSA) is 114 Å². The number of nitrogens with one attached hydrogen (secondary N) is 3. The van der Waals surface area contributed by atoms with Crippen LogP contribution in [0.2, 0.25) is 0 Å². The van der Waals surface area contributed by atoms with Crippen molar-refractivity contribution < 1.29 is 14.1 Å². The van der Waals surface area contributed by atoms with Crippen molar-refractivity contribution in [3.8, 4) is 11.5 Å². The van der Waals surface area contributed by atoms with Crippen LogP contribution in [0.15, 0.2) is 33.8 Å². The van der Waals surface area contributed by atoms with Gasteiger partial charge >= 0.3 is 6.09 Å². The molecule has 3 N–H and O–H groups in total. The van der Waals surface area contributed by atoms with Crippen LogP contribution in [-0.2, 0) is 17.6 Å². The van der Waals surface area contributed by atoms with Gasteiger partial charge in [0.1, 0.15) is 5.60 Å². The fourth-order valence-corrected chi connectivity index (χ4v) is 2.80. The maximum Gasteiger partial charge on any atom is 0.408 e. The molecule has 0 unspecified atom stereocenters. The zero-order valence-electron chi connectivity index (χ0n) is 20.2. The second kappa shape index (κ2) is 11.0. The molecule has 176 valence electrons. The van der Waals surface area contributed by atoms with E-state index >= 15 is 0 Å². The number of aromatic nitrogens is 2. The molecule has 2 aromatic rings. The van der Waals surface area contributed by atoms with Gasteiger partial charge in [0.25, 0.3) is 5.89 Å². The number of nitrogens with zero attached hydrogens (tertiary/aromatic N) is 3. The van der Waals surface area contributed by atoms with Crippen molar-refractivity contribution in [1.82, 2.24) is 26.1 Å². The lowest BCUT2D eigenvalue weighted by atomic mass is 10.1. The van der Waals surface area contributed by atoms with Gasteiger partial charge in [-0.2, -0.15) is 4.98 Å². The molecule has 0 aliphatic heterocycles. The molecule has 1 amide bonds. The van der Waals surface area contributed by atoms with Crippen LogP contribution in [0.3, 0.4) is 0 Å². The number of alkyl carbamates (subject to hydrolysis) is 1. The van der Waals surface area contributed by atoms with Gasteiger partial charge in [0.2, 0.25) is 0 Å². The molecular formula is C23H36N6O3. The maximum atomic E-state index is 12.0. The van der Waals surface area contributed by atoms with Crippen molar-refractivity contribution in [1.29, 1.82) is 0 Å². The predicted octanol–water partition coefficient (Wildman–Crippen LogP) is 3.31. The average molecular weight is 445 g/mol. The van der Waals surface area contributed by atoms with E-state index < -0.39 is 17.2 Å². The van der Waals surface area contributed by atoms with Gasteiger partial charge in [-0.05, 0) is 58.7 Å². The highest BCUT2D eigenvalue weighted by Gasteiger charge is 2.24. The van der Waals surface area contributed by atoms with E-state index in [0.29, 0.717) is 30.8 Å². The summed E-state index contributed by atoms with van der Waals surface area (Å²) in [7, 11) is 1.72. The van der Waals surface area contributed by atoms with E-state index in [9.17, 15) is 4.79 Å². The summed E-state index contributed by atoms with van der Waals surface area (Å²) in [6, 6.07) is 8.08. The minimum Gasteiger partial charge on any atom is -0.444 e. The van der Waals surface area contributed by atoms with Crippen LogP contribution in [0.4, 0.5) is 4.79 Å². The summed E-state index contributed by atoms with van der Waals surface area (Å²) in [6.07, 6.45) is 1.13. The van der Waals surface area contributed by atoms with E-state index in [2.05, 4.69) is 43.2 Å². The van der Waals surface area contributed by atoms with Crippen molar-refractivity contribution in [3.63, 3.8) is 0 Å². The SMILES string of the molecule is CCc1noc(-c2ccc(CCNC(=NC)NCC(C)(C)NC(=O)OC(C)(C)C)cc2)n1. The van der Waals surface area contributed by atoms with Crippen molar-refractivity contribution in [2.75, 3.05) is 20.1 Å². The zero-order chi connectivity index (χ0) is 23.8. The van der Waals surface area contributed by atoms with E-state index in [0.717, 1.165) is 18.4 Å². The predicted molar refractivity (Wildman–Crippen MR) is 126 cm³/mol. The number of hydrogen-bond donors (Lipinski definition) is 3. The maximum absolute atomic E-state index is 12.0. The smallest absolute Gasteiger partial charge is 0.408 e. The second-order valence-electron chi connectivity index (χ2n) is 9.18. The highest BCUT2D eigenvalue weighted by Crippen LogP contribution is 2.18. The molecule has 0 fully saturated rings. The molecule has 0 spiro atoms. The van der Waals surface area contributed by atoms with E-state index in [-0.39, 0.29) is 0 Å². The Balaban J connectivity index is 1.78. The molecule has 0 atom stereocenters. The average Bonchev–Trinajstić information content (AvgIpc) is 3.18. The Morgan fingerprint density at radius 3 is 2.38 bits per heavy atom. The molecule has 0 bridgehead atoms. The number of rotatable bonds is 8. The van der Waals surface area contributed by atoms with Gasteiger partial charge in [-0.1, -0.05) is 24.2 Å². The van der Waals surface area contributed by atoms with Crippen LogP contribution >= 0.6 is 0 Å². The summed E-state index contributed by atoms with van der Waals surface area (Å²) in [5, 5.41) is 13.3. The zero-order valence-corrected chi connectivity index (χ0v) is 20.2. The largest absolute Gasteiger partial charge is 0.444 e. The van der Waals surface area contributed by atoms with Gasteiger partial charge in [-0.15, -0.1) is 0 Å². The first-order valence-electron chi connectivity index (χ1n) is 10.9. The molecule has 0 radical (unpaired) electrons. The van der Waals surface area contributed by atoms with Gasteiger partial charge in [0.05, 0.1) is 5.54 Å². The first-order valence-corrected chi connectivity index (χ1v) is 10.9. The molecule has 0 aliphatic rings. The molecule has 9 heteroatoms.